The number of nitrogens with zero attached hydrogens (tertiary/aromatic N) is 5. The average molecular weight is 626 g/mol. The van der Waals surface area contributed by atoms with E-state index >= 15 is 0 Å². The molecule has 2 aliphatic rings. The van der Waals surface area contributed by atoms with Gasteiger partial charge in [-0.3, -0.25) is 9.79 Å². The van der Waals surface area contributed by atoms with Crippen LogP contribution in [-0.2, 0) is 10.0 Å². The average Bonchev–Trinajstić information content (AvgIpc) is 3.45. The summed E-state index contributed by atoms with van der Waals surface area (Å²) in [7, 11) is -2.95. The third-order valence-electron chi connectivity index (χ3n) is 8.04. The van der Waals surface area contributed by atoms with Crippen LogP contribution < -0.4 is 20.1 Å². The molecule has 0 radical (unpaired) electrons. The molecule has 1 saturated heterocycles. The number of allylic oxidation sites excluding steroid dienone is 2. The van der Waals surface area contributed by atoms with E-state index in [9.17, 15) is 26.4 Å². The Morgan fingerprint density at radius 2 is 1.91 bits per heavy atom. The molecule has 4 rings (SSSR count). The molecule has 2 aromatic heterocycles. The summed E-state index contributed by atoms with van der Waals surface area (Å²) in [5, 5.41) is 4.31. The van der Waals surface area contributed by atoms with Crippen molar-refractivity contribution in [2.24, 2.45) is 22.1 Å². The summed E-state index contributed by atoms with van der Waals surface area (Å²) < 4.78 is 75.1. The van der Waals surface area contributed by atoms with Gasteiger partial charge in [0.2, 0.25) is 5.88 Å². The fourth-order valence-electron chi connectivity index (χ4n) is 5.62. The molecule has 1 amide bonds. The van der Waals surface area contributed by atoms with Crippen LogP contribution in [0.5, 0.6) is 5.88 Å². The van der Waals surface area contributed by atoms with Crippen LogP contribution in [0, 0.1) is 11.3 Å². The highest BCUT2D eigenvalue weighted by molar-refractivity contribution is 7.95. The third-order valence-corrected chi connectivity index (χ3v) is 9.65. The number of amides is 1. The highest BCUT2D eigenvalue weighted by Gasteiger charge is 2.62. The van der Waals surface area contributed by atoms with E-state index in [0.717, 1.165) is 6.42 Å². The van der Waals surface area contributed by atoms with Crippen molar-refractivity contribution in [1.82, 2.24) is 19.5 Å². The normalized spacial score (nSPS) is 20.5. The second kappa shape index (κ2) is 11.5. The lowest BCUT2D eigenvalue weighted by molar-refractivity contribution is -0.190. The molecule has 0 spiro atoms. The number of sulfonamides is 1. The van der Waals surface area contributed by atoms with Crippen molar-refractivity contribution in [3.05, 3.63) is 40.6 Å². The Balaban J connectivity index is 1.63. The quantitative estimate of drug-likeness (QED) is 0.371. The predicted octanol–water partition coefficient (Wildman–Crippen LogP) is 4.34. The van der Waals surface area contributed by atoms with Gasteiger partial charge in [-0.25, -0.2) is 22.8 Å². The topological polar surface area (TPSA) is 145 Å². The molecule has 1 aliphatic carbocycles. The molecule has 2 aromatic rings. The SMILES string of the molecule is CN=C(C)C(=C(C)N)S(=O)(=O)NC(=O)c1ccc(-n2ccc(OCCC3(C(F)(F)F)CC3)n2)nc1N1C[C@@H](C)CC1(C)C. The fourth-order valence-corrected chi connectivity index (χ4v) is 6.98. The molecule has 1 aliphatic heterocycles. The minimum absolute atomic E-state index is 0.0194. The molecular weight excluding hydrogens is 587 g/mol. The third kappa shape index (κ3) is 6.65. The maximum absolute atomic E-state index is 13.5. The van der Waals surface area contributed by atoms with E-state index < -0.39 is 33.1 Å². The zero-order chi connectivity index (χ0) is 32.0. The Bertz CT molecular complexity index is 1560. The van der Waals surface area contributed by atoms with Gasteiger partial charge in [-0.1, -0.05) is 6.92 Å². The number of aliphatic imine (C=N–C) groups is 1. The number of nitrogens with one attached hydrogen (secondary N) is 1. The van der Waals surface area contributed by atoms with Crippen molar-refractivity contribution in [3.63, 3.8) is 0 Å². The lowest BCUT2D eigenvalue weighted by atomic mass is 9.97. The summed E-state index contributed by atoms with van der Waals surface area (Å²) in [6.45, 7) is 9.42. The van der Waals surface area contributed by atoms with Crippen LogP contribution in [-0.4, -0.2) is 66.7 Å². The van der Waals surface area contributed by atoms with E-state index in [4.69, 9.17) is 15.5 Å². The van der Waals surface area contributed by atoms with Crippen LogP contribution in [0.2, 0.25) is 0 Å². The largest absolute Gasteiger partial charge is 0.477 e. The molecule has 43 heavy (non-hydrogen) atoms. The molecule has 1 saturated carbocycles. The molecule has 3 N–H and O–H groups in total. The zero-order valence-electron chi connectivity index (χ0n) is 25.1. The summed E-state index contributed by atoms with van der Waals surface area (Å²) in [6.07, 6.45) is -1.85. The highest BCUT2D eigenvalue weighted by atomic mass is 32.2. The number of anilines is 1. The summed E-state index contributed by atoms with van der Waals surface area (Å²) in [5.41, 5.74) is 3.91. The monoisotopic (exact) mass is 625 g/mol. The summed E-state index contributed by atoms with van der Waals surface area (Å²) in [6, 6.07) is 4.48. The number of alkyl halides is 3. The molecule has 0 bridgehead atoms. The van der Waals surface area contributed by atoms with E-state index in [0.29, 0.717) is 12.4 Å². The van der Waals surface area contributed by atoms with Gasteiger partial charge >= 0.3 is 6.18 Å². The van der Waals surface area contributed by atoms with Gasteiger partial charge in [-0.05, 0) is 71.4 Å². The van der Waals surface area contributed by atoms with Gasteiger partial charge in [0.05, 0.1) is 23.3 Å². The smallest absolute Gasteiger partial charge is 0.394 e. The van der Waals surface area contributed by atoms with E-state index in [-0.39, 0.29) is 65.4 Å². The molecule has 236 valence electrons. The van der Waals surface area contributed by atoms with E-state index in [2.05, 4.69) is 21.7 Å². The molecule has 11 nitrogen and oxygen atoms in total. The van der Waals surface area contributed by atoms with Gasteiger partial charge in [0.15, 0.2) is 5.82 Å². The number of hydrogen-bond donors (Lipinski definition) is 2. The van der Waals surface area contributed by atoms with Crippen molar-refractivity contribution < 1.29 is 31.1 Å². The van der Waals surface area contributed by atoms with Crippen molar-refractivity contribution in [2.45, 2.75) is 72.0 Å². The Hall–Kier alpha value is -3.62. The highest BCUT2D eigenvalue weighted by Crippen LogP contribution is 2.59. The van der Waals surface area contributed by atoms with Gasteiger partial charge < -0.3 is 15.4 Å². The number of nitrogens with two attached hydrogens (primary N) is 1. The summed E-state index contributed by atoms with van der Waals surface area (Å²) >= 11 is 0. The second-order valence-corrected chi connectivity index (χ2v) is 13.6. The summed E-state index contributed by atoms with van der Waals surface area (Å²) in [4.78, 5) is 23.8. The Morgan fingerprint density at radius 3 is 2.44 bits per heavy atom. The van der Waals surface area contributed by atoms with E-state index in [1.54, 1.807) is 6.20 Å². The molecule has 0 unspecified atom stereocenters. The number of carbonyl (C=O) groups excluding carboxylic acids is 1. The first kappa shape index (κ1) is 32.3. The van der Waals surface area contributed by atoms with Crippen LogP contribution in [0.4, 0.5) is 19.0 Å². The van der Waals surface area contributed by atoms with Crippen molar-refractivity contribution in [3.8, 4) is 11.7 Å². The molecule has 1 atom stereocenters. The van der Waals surface area contributed by atoms with Crippen molar-refractivity contribution >= 4 is 27.5 Å². The van der Waals surface area contributed by atoms with Crippen LogP contribution in [0.25, 0.3) is 5.82 Å². The van der Waals surface area contributed by atoms with Gasteiger partial charge in [0, 0.05) is 37.1 Å². The van der Waals surface area contributed by atoms with E-state index in [1.807, 2.05) is 18.7 Å². The Labute approximate surface area is 249 Å². The Morgan fingerprint density at radius 1 is 1.23 bits per heavy atom. The van der Waals surface area contributed by atoms with Gasteiger partial charge in [-0.2, -0.15) is 13.2 Å². The van der Waals surface area contributed by atoms with Gasteiger partial charge in [-0.15, -0.1) is 5.10 Å². The molecule has 2 fully saturated rings. The fraction of sp³-hybridized carbons (Fsp3) is 0.571. The molecule has 3 heterocycles. The van der Waals surface area contributed by atoms with E-state index in [1.165, 1.54) is 43.8 Å². The lowest BCUT2D eigenvalue weighted by Gasteiger charge is -2.34. The first-order valence-electron chi connectivity index (χ1n) is 13.9. The van der Waals surface area contributed by atoms with Crippen LogP contribution in [0.1, 0.15) is 70.7 Å². The maximum atomic E-state index is 13.5. The van der Waals surface area contributed by atoms with Gasteiger partial charge in [0.25, 0.3) is 15.9 Å². The van der Waals surface area contributed by atoms with Crippen LogP contribution in [0.15, 0.2) is 40.0 Å². The van der Waals surface area contributed by atoms with Gasteiger partial charge in [0.1, 0.15) is 10.7 Å². The van der Waals surface area contributed by atoms with Crippen LogP contribution in [0.3, 0.4) is 0 Å². The predicted molar refractivity (Wildman–Crippen MR) is 157 cm³/mol. The maximum Gasteiger partial charge on any atom is 0.394 e. The Kier molecular flexibility index (Phi) is 8.61. The standard InChI is InChI=1S/C28H38F3N7O4S/c1-17-15-26(4,5)37(16-17)24-20(25(39)36-43(40,41)23(18(2)32)19(3)33-6)7-8-21(34-24)38-13-9-22(35-38)42-14-12-27(10-11-27)28(29,30)31/h7-9,13,17H,10-12,14-16,32H2,1-6H3,(H,36,39)/t17-/m0/s1. The number of hydrogen-bond acceptors (Lipinski definition) is 9. The van der Waals surface area contributed by atoms with Crippen molar-refractivity contribution in [1.29, 1.82) is 0 Å². The summed E-state index contributed by atoms with van der Waals surface area (Å²) in [5.74, 6) is 0.0771. The number of carbonyl (C=O) groups is 1. The first-order chi connectivity index (χ1) is 19.9. The van der Waals surface area contributed by atoms with Crippen LogP contribution >= 0.6 is 0 Å². The van der Waals surface area contributed by atoms with Crippen molar-refractivity contribution in [2.75, 3.05) is 25.1 Å². The number of halogens is 3. The lowest BCUT2D eigenvalue weighted by Crippen LogP contribution is -2.41. The zero-order valence-corrected chi connectivity index (χ0v) is 25.9. The first-order valence-corrected chi connectivity index (χ1v) is 15.4. The minimum Gasteiger partial charge on any atom is -0.477 e. The number of pyridine rings is 1. The second-order valence-electron chi connectivity index (χ2n) is 12.0. The minimum atomic E-state index is -4.37. The molecular formula is C28H38F3N7O4S. The molecule has 0 aromatic carbocycles. The molecule has 15 heteroatoms. The number of ether oxygens (including phenoxy) is 1. The number of aromatic nitrogens is 3. The number of rotatable bonds is 10.